The number of hydrogen-bond donors (Lipinski definition) is 1. The van der Waals surface area contributed by atoms with E-state index in [1.807, 2.05) is 7.11 Å². The quantitative estimate of drug-likeness (QED) is 0.743. The summed E-state index contributed by atoms with van der Waals surface area (Å²) in [6.45, 7) is 7.43. The molecule has 0 aromatic carbocycles. The van der Waals surface area contributed by atoms with Crippen LogP contribution in [0.15, 0.2) is 0 Å². The normalized spacial score (nSPS) is 32.5. The van der Waals surface area contributed by atoms with E-state index in [0.717, 1.165) is 31.5 Å². The van der Waals surface area contributed by atoms with Gasteiger partial charge in [-0.05, 0) is 44.4 Å². The molecule has 0 heterocycles. The van der Waals surface area contributed by atoms with Gasteiger partial charge in [0.2, 0.25) is 0 Å². The molecule has 20 heavy (non-hydrogen) atoms. The maximum Gasteiger partial charge on any atom is 0.0590 e. The summed E-state index contributed by atoms with van der Waals surface area (Å²) in [5.74, 6) is 1.76. The second-order valence-electron chi connectivity index (χ2n) is 7.06. The average molecular weight is 282 g/mol. The minimum Gasteiger partial charge on any atom is -0.383 e. The van der Waals surface area contributed by atoms with Crippen molar-refractivity contribution < 1.29 is 4.74 Å². The van der Waals surface area contributed by atoms with Crippen LogP contribution in [-0.4, -0.2) is 43.3 Å². The SMILES string of the molecule is CCC1CCCC(CN)(N(CCOC)C(C)C2CC2)C1. The molecular weight excluding hydrogens is 248 g/mol. The first-order chi connectivity index (χ1) is 9.66. The largest absolute Gasteiger partial charge is 0.383 e. The lowest BCUT2D eigenvalue weighted by Gasteiger charge is -2.51. The van der Waals surface area contributed by atoms with Gasteiger partial charge in [-0.25, -0.2) is 0 Å². The smallest absolute Gasteiger partial charge is 0.0590 e. The summed E-state index contributed by atoms with van der Waals surface area (Å²) in [6.07, 6.45) is 9.43. The Kier molecular flexibility index (Phi) is 5.88. The standard InChI is InChI=1S/C17H34N2O/c1-4-15-6-5-9-17(12-15,13-18)19(10-11-20-3)14(2)16-7-8-16/h14-16H,4-13,18H2,1-3H3. The highest BCUT2D eigenvalue weighted by Crippen LogP contribution is 2.43. The molecule has 0 aliphatic heterocycles. The van der Waals surface area contributed by atoms with Crippen molar-refractivity contribution >= 4 is 0 Å². The molecular formula is C17H34N2O. The van der Waals surface area contributed by atoms with E-state index in [0.29, 0.717) is 6.04 Å². The van der Waals surface area contributed by atoms with Crippen LogP contribution in [0.2, 0.25) is 0 Å². The first-order valence-electron chi connectivity index (χ1n) is 8.62. The molecule has 0 amide bonds. The number of hydrogen-bond acceptors (Lipinski definition) is 3. The molecule has 0 radical (unpaired) electrons. The van der Waals surface area contributed by atoms with E-state index < -0.39 is 0 Å². The highest BCUT2D eigenvalue weighted by atomic mass is 16.5. The van der Waals surface area contributed by atoms with Gasteiger partial charge in [-0.3, -0.25) is 4.90 Å². The zero-order chi connectivity index (χ0) is 14.6. The Morgan fingerprint density at radius 2 is 2.10 bits per heavy atom. The molecule has 3 heteroatoms. The van der Waals surface area contributed by atoms with E-state index in [1.54, 1.807) is 0 Å². The van der Waals surface area contributed by atoms with Crippen LogP contribution >= 0.6 is 0 Å². The minimum atomic E-state index is 0.236. The summed E-state index contributed by atoms with van der Waals surface area (Å²) in [5, 5.41) is 0. The second kappa shape index (κ2) is 7.24. The molecule has 0 spiro atoms. The molecule has 2 saturated carbocycles. The summed E-state index contributed by atoms with van der Waals surface area (Å²) in [5.41, 5.74) is 6.54. The van der Waals surface area contributed by atoms with Gasteiger partial charge < -0.3 is 10.5 Å². The lowest BCUT2D eigenvalue weighted by molar-refractivity contribution is -0.0155. The fraction of sp³-hybridized carbons (Fsp3) is 1.00. The summed E-state index contributed by atoms with van der Waals surface area (Å²) >= 11 is 0. The number of ether oxygens (including phenoxy) is 1. The molecule has 3 nitrogen and oxygen atoms in total. The average Bonchev–Trinajstić information content (AvgIpc) is 3.32. The Bertz CT molecular complexity index is 293. The van der Waals surface area contributed by atoms with Crippen LogP contribution in [0.1, 0.15) is 58.8 Å². The maximum atomic E-state index is 6.30. The molecule has 0 bridgehead atoms. The molecule has 0 saturated heterocycles. The molecule has 2 rings (SSSR count). The van der Waals surface area contributed by atoms with Crippen LogP contribution in [0.25, 0.3) is 0 Å². The van der Waals surface area contributed by atoms with Crippen LogP contribution in [-0.2, 0) is 4.74 Å². The van der Waals surface area contributed by atoms with Crippen LogP contribution in [0, 0.1) is 11.8 Å². The van der Waals surface area contributed by atoms with Gasteiger partial charge in [-0.1, -0.05) is 26.2 Å². The molecule has 3 unspecified atom stereocenters. The summed E-state index contributed by atoms with van der Waals surface area (Å²) in [4.78, 5) is 2.73. The maximum absolute atomic E-state index is 6.30. The third-order valence-electron chi connectivity index (χ3n) is 5.82. The predicted molar refractivity (Wildman–Crippen MR) is 84.8 cm³/mol. The zero-order valence-corrected chi connectivity index (χ0v) is 13.7. The monoisotopic (exact) mass is 282 g/mol. The van der Waals surface area contributed by atoms with Gasteiger partial charge in [-0.15, -0.1) is 0 Å². The Morgan fingerprint density at radius 3 is 2.65 bits per heavy atom. The predicted octanol–water partition coefficient (Wildman–Crippen LogP) is 3.03. The lowest BCUT2D eigenvalue weighted by atomic mass is 9.73. The van der Waals surface area contributed by atoms with Crippen LogP contribution in [0.3, 0.4) is 0 Å². The summed E-state index contributed by atoms with van der Waals surface area (Å²) in [6, 6.07) is 0.671. The van der Waals surface area contributed by atoms with Crippen molar-refractivity contribution in [3.8, 4) is 0 Å². The van der Waals surface area contributed by atoms with Crippen molar-refractivity contribution in [1.82, 2.24) is 4.90 Å². The highest BCUT2D eigenvalue weighted by molar-refractivity contribution is 5.00. The number of nitrogens with two attached hydrogens (primary N) is 1. The molecule has 3 atom stereocenters. The van der Waals surface area contributed by atoms with Crippen LogP contribution in [0.4, 0.5) is 0 Å². The van der Waals surface area contributed by atoms with Crippen molar-refractivity contribution in [2.45, 2.75) is 70.4 Å². The van der Waals surface area contributed by atoms with Crippen molar-refractivity contribution in [3.63, 3.8) is 0 Å². The number of nitrogens with zero attached hydrogens (tertiary/aromatic N) is 1. The van der Waals surface area contributed by atoms with Gasteiger partial charge in [0.05, 0.1) is 6.61 Å². The molecule has 0 aromatic heterocycles. The topological polar surface area (TPSA) is 38.5 Å². The summed E-state index contributed by atoms with van der Waals surface area (Å²) in [7, 11) is 1.81. The second-order valence-corrected chi connectivity index (χ2v) is 7.06. The molecule has 2 aliphatic carbocycles. The Balaban J connectivity index is 2.13. The van der Waals surface area contributed by atoms with Crippen LogP contribution in [0.5, 0.6) is 0 Å². The van der Waals surface area contributed by atoms with Crippen molar-refractivity contribution in [3.05, 3.63) is 0 Å². The Morgan fingerprint density at radius 1 is 1.35 bits per heavy atom. The van der Waals surface area contributed by atoms with Gasteiger partial charge in [0.1, 0.15) is 0 Å². The Hall–Kier alpha value is -0.120. The Labute approximate surface area is 125 Å². The van der Waals surface area contributed by atoms with E-state index in [9.17, 15) is 0 Å². The molecule has 118 valence electrons. The van der Waals surface area contributed by atoms with E-state index >= 15 is 0 Å². The van der Waals surface area contributed by atoms with Gasteiger partial charge in [0, 0.05) is 31.8 Å². The van der Waals surface area contributed by atoms with Crippen molar-refractivity contribution in [1.29, 1.82) is 0 Å². The number of methoxy groups -OCH3 is 1. The van der Waals surface area contributed by atoms with E-state index in [2.05, 4.69) is 18.7 Å². The van der Waals surface area contributed by atoms with Gasteiger partial charge in [0.15, 0.2) is 0 Å². The zero-order valence-electron chi connectivity index (χ0n) is 13.7. The first-order valence-corrected chi connectivity index (χ1v) is 8.62. The van der Waals surface area contributed by atoms with Gasteiger partial charge in [0.25, 0.3) is 0 Å². The molecule has 2 fully saturated rings. The van der Waals surface area contributed by atoms with E-state index in [4.69, 9.17) is 10.5 Å². The van der Waals surface area contributed by atoms with Gasteiger partial charge in [-0.2, -0.15) is 0 Å². The third-order valence-corrected chi connectivity index (χ3v) is 5.82. The molecule has 2 N–H and O–H groups in total. The first kappa shape index (κ1) is 16.3. The van der Waals surface area contributed by atoms with Gasteiger partial charge >= 0.3 is 0 Å². The fourth-order valence-corrected chi connectivity index (χ4v) is 4.27. The van der Waals surface area contributed by atoms with Crippen molar-refractivity contribution in [2.24, 2.45) is 17.6 Å². The number of rotatable bonds is 8. The molecule has 2 aliphatic rings. The fourth-order valence-electron chi connectivity index (χ4n) is 4.27. The van der Waals surface area contributed by atoms with E-state index in [-0.39, 0.29) is 5.54 Å². The van der Waals surface area contributed by atoms with Crippen molar-refractivity contribution in [2.75, 3.05) is 26.8 Å². The third kappa shape index (κ3) is 3.55. The van der Waals surface area contributed by atoms with E-state index in [1.165, 1.54) is 44.9 Å². The lowest BCUT2D eigenvalue weighted by Crippen LogP contribution is -2.60. The summed E-state index contributed by atoms with van der Waals surface area (Å²) < 4.78 is 5.37. The highest BCUT2D eigenvalue weighted by Gasteiger charge is 2.44. The van der Waals surface area contributed by atoms with Crippen LogP contribution < -0.4 is 5.73 Å². The minimum absolute atomic E-state index is 0.236. The molecule has 0 aromatic rings.